The number of halogens is 2. The highest BCUT2D eigenvalue weighted by atomic mass is 79.9. The fraction of sp³-hybridized carbons (Fsp3) is 0.214. The number of hydrogen-bond donors (Lipinski definition) is 2. The maximum absolute atomic E-state index is 5.68. The molecular formula is C14H15Br2N3. The first kappa shape index (κ1) is 14.7. The maximum Gasteiger partial charge on any atom is 0.0732 e. The Bertz CT molecular complexity index is 572. The van der Waals surface area contributed by atoms with Crippen LogP contribution in [0.1, 0.15) is 22.9 Å². The molecule has 0 fully saturated rings. The van der Waals surface area contributed by atoms with Crippen LogP contribution in [0.25, 0.3) is 0 Å². The van der Waals surface area contributed by atoms with Gasteiger partial charge in [0.05, 0.1) is 11.7 Å². The summed E-state index contributed by atoms with van der Waals surface area (Å²) in [6.45, 7) is 2.09. The zero-order chi connectivity index (χ0) is 13.8. The number of hydrazine groups is 1. The molecule has 0 saturated heterocycles. The molecule has 100 valence electrons. The summed E-state index contributed by atoms with van der Waals surface area (Å²) in [6, 6.07) is 10.4. The van der Waals surface area contributed by atoms with Gasteiger partial charge in [-0.1, -0.05) is 29.8 Å². The summed E-state index contributed by atoms with van der Waals surface area (Å²) < 4.78 is 1.88. The van der Waals surface area contributed by atoms with Crippen LogP contribution in [-0.4, -0.2) is 4.98 Å². The molecule has 1 aromatic heterocycles. The van der Waals surface area contributed by atoms with E-state index in [1.165, 1.54) is 11.1 Å². The normalized spacial score (nSPS) is 12.4. The number of aromatic nitrogens is 1. The molecular weight excluding hydrogens is 370 g/mol. The van der Waals surface area contributed by atoms with Crippen molar-refractivity contribution in [3.05, 3.63) is 62.3 Å². The highest BCUT2D eigenvalue weighted by Crippen LogP contribution is 2.26. The molecule has 1 heterocycles. The third kappa shape index (κ3) is 3.86. The van der Waals surface area contributed by atoms with Crippen molar-refractivity contribution in [1.82, 2.24) is 10.4 Å². The highest BCUT2D eigenvalue weighted by Gasteiger charge is 2.15. The molecule has 1 atom stereocenters. The van der Waals surface area contributed by atoms with Gasteiger partial charge in [0.15, 0.2) is 0 Å². The fourth-order valence-corrected chi connectivity index (χ4v) is 3.25. The van der Waals surface area contributed by atoms with E-state index >= 15 is 0 Å². The van der Waals surface area contributed by atoms with Gasteiger partial charge in [0.2, 0.25) is 0 Å². The van der Waals surface area contributed by atoms with Gasteiger partial charge in [0.25, 0.3) is 0 Å². The minimum Gasteiger partial charge on any atom is -0.271 e. The van der Waals surface area contributed by atoms with Crippen LogP contribution in [0, 0.1) is 6.92 Å². The number of nitrogens with one attached hydrogen (secondary N) is 1. The quantitative estimate of drug-likeness (QED) is 0.624. The summed E-state index contributed by atoms with van der Waals surface area (Å²) in [5.41, 5.74) is 6.23. The number of nitrogens with zero attached hydrogens (tertiary/aromatic N) is 1. The Labute approximate surface area is 129 Å². The highest BCUT2D eigenvalue weighted by molar-refractivity contribution is 9.11. The lowest BCUT2D eigenvalue weighted by Crippen LogP contribution is -2.30. The SMILES string of the molecule is Cc1cccc(CC(NN)c2ncc(Br)cc2Br)c1. The van der Waals surface area contributed by atoms with Crippen LogP contribution in [0.5, 0.6) is 0 Å². The number of aryl methyl sites for hydroxylation is 1. The Morgan fingerprint density at radius 2 is 2.11 bits per heavy atom. The number of nitrogens with two attached hydrogens (primary N) is 1. The molecule has 0 amide bonds. The lowest BCUT2D eigenvalue weighted by atomic mass is 10.0. The molecule has 2 rings (SSSR count). The first-order chi connectivity index (χ1) is 9.10. The van der Waals surface area contributed by atoms with E-state index in [1.54, 1.807) is 6.20 Å². The van der Waals surface area contributed by atoms with Crippen molar-refractivity contribution >= 4 is 31.9 Å². The molecule has 0 aliphatic carbocycles. The van der Waals surface area contributed by atoms with E-state index in [0.29, 0.717) is 0 Å². The summed E-state index contributed by atoms with van der Waals surface area (Å²) in [4.78, 5) is 4.43. The summed E-state index contributed by atoms with van der Waals surface area (Å²) in [6.07, 6.45) is 2.58. The third-order valence-electron chi connectivity index (χ3n) is 2.89. The van der Waals surface area contributed by atoms with Crippen LogP contribution >= 0.6 is 31.9 Å². The molecule has 3 N–H and O–H groups in total. The first-order valence-corrected chi connectivity index (χ1v) is 7.51. The van der Waals surface area contributed by atoms with Crippen molar-refractivity contribution in [3.63, 3.8) is 0 Å². The average Bonchev–Trinajstić information content (AvgIpc) is 2.37. The molecule has 19 heavy (non-hydrogen) atoms. The van der Waals surface area contributed by atoms with E-state index in [1.807, 2.05) is 6.07 Å². The smallest absolute Gasteiger partial charge is 0.0732 e. The van der Waals surface area contributed by atoms with E-state index in [-0.39, 0.29) is 6.04 Å². The van der Waals surface area contributed by atoms with Crippen LogP contribution in [0.4, 0.5) is 0 Å². The zero-order valence-corrected chi connectivity index (χ0v) is 13.7. The van der Waals surface area contributed by atoms with E-state index < -0.39 is 0 Å². The van der Waals surface area contributed by atoms with Crippen LogP contribution in [-0.2, 0) is 6.42 Å². The van der Waals surface area contributed by atoms with Gasteiger partial charge in [-0.15, -0.1) is 0 Å². The molecule has 1 unspecified atom stereocenters. The maximum atomic E-state index is 5.68. The lowest BCUT2D eigenvalue weighted by Gasteiger charge is -2.17. The molecule has 1 aromatic carbocycles. The Balaban J connectivity index is 2.25. The van der Waals surface area contributed by atoms with E-state index in [4.69, 9.17) is 5.84 Å². The van der Waals surface area contributed by atoms with Crippen molar-refractivity contribution in [1.29, 1.82) is 0 Å². The first-order valence-electron chi connectivity index (χ1n) is 5.92. The standard InChI is InChI=1S/C14H15Br2N3/c1-9-3-2-4-10(5-9)6-13(19-17)14-12(16)7-11(15)8-18-14/h2-5,7-8,13,19H,6,17H2,1H3. The number of hydrogen-bond acceptors (Lipinski definition) is 3. The van der Waals surface area contributed by atoms with Crippen molar-refractivity contribution in [2.24, 2.45) is 5.84 Å². The van der Waals surface area contributed by atoms with Crippen molar-refractivity contribution in [2.75, 3.05) is 0 Å². The summed E-state index contributed by atoms with van der Waals surface area (Å²) in [5.74, 6) is 5.68. The number of rotatable bonds is 4. The third-order valence-corrected chi connectivity index (χ3v) is 3.96. The second kappa shape index (κ2) is 6.61. The largest absolute Gasteiger partial charge is 0.271 e. The fourth-order valence-electron chi connectivity index (χ4n) is 1.99. The number of pyridine rings is 1. The topological polar surface area (TPSA) is 50.9 Å². The van der Waals surface area contributed by atoms with Crippen LogP contribution in [0.15, 0.2) is 45.5 Å². The predicted octanol–water partition coefficient (Wildman–Crippen LogP) is 3.66. The summed E-state index contributed by atoms with van der Waals surface area (Å²) in [5, 5.41) is 0. The molecule has 3 nitrogen and oxygen atoms in total. The van der Waals surface area contributed by atoms with Gasteiger partial charge in [0, 0.05) is 15.1 Å². The van der Waals surface area contributed by atoms with Crippen molar-refractivity contribution in [3.8, 4) is 0 Å². The predicted molar refractivity (Wildman–Crippen MR) is 84.6 cm³/mol. The second-order valence-electron chi connectivity index (χ2n) is 4.43. The van der Waals surface area contributed by atoms with Crippen molar-refractivity contribution < 1.29 is 0 Å². The van der Waals surface area contributed by atoms with E-state index in [0.717, 1.165) is 21.1 Å². The molecule has 0 aliphatic heterocycles. The van der Waals surface area contributed by atoms with Crippen LogP contribution in [0.2, 0.25) is 0 Å². The zero-order valence-electron chi connectivity index (χ0n) is 10.5. The van der Waals surface area contributed by atoms with Gasteiger partial charge < -0.3 is 0 Å². The second-order valence-corrected chi connectivity index (χ2v) is 6.20. The van der Waals surface area contributed by atoms with Gasteiger partial charge in [-0.25, -0.2) is 0 Å². The lowest BCUT2D eigenvalue weighted by molar-refractivity contribution is 0.536. The molecule has 0 aliphatic rings. The minimum atomic E-state index is -0.0238. The molecule has 0 bridgehead atoms. The van der Waals surface area contributed by atoms with Crippen LogP contribution < -0.4 is 11.3 Å². The molecule has 0 spiro atoms. The Morgan fingerprint density at radius 3 is 2.74 bits per heavy atom. The van der Waals surface area contributed by atoms with Gasteiger partial charge >= 0.3 is 0 Å². The summed E-state index contributed by atoms with van der Waals surface area (Å²) >= 11 is 6.93. The van der Waals surface area contributed by atoms with Gasteiger partial charge in [-0.05, 0) is 56.8 Å². The number of benzene rings is 1. The Hall–Kier alpha value is -0.750. The Kier molecular flexibility index (Phi) is 5.10. The van der Waals surface area contributed by atoms with E-state index in [9.17, 15) is 0 Å². The Morgan fingerprint density at radius 1 is 1.32 bits per heavy atom. The minimum absolute atomic E-state index is 0.0238. The molecule has 2 aromatic rings. The van der Waals surface area contributed by atoms with Gasteiger partial charge in [-0.3, -0.25) is 16.3 Å². The molecule has 0 saturated carbocycles. The van der Waals surface area contributed by atoms with E-state index in [2.05, 4.69) is 73.5 Å². The van der Waals surface area contributed by atoms with Crippen molar-refractivity contribution in [2.45, 2.75) is 19.4 Å². The molecule has 0 radical (unpaired) electrons. The van der Waals surface area contributed by atoms with Crippen LogP contribution in [0.3, 0.4) is 0 Å². The molecule has 5 heteroatoms. The van der Waals surface area contributed by atoms with Gasteiger partial charge in [-0.2, -0.15) is 0 Å². The summed E-state index contributed by atoms with van der Waals surface area (Å²) in [7, 11) is 0. The average molecular weight is 385 g/mol. The van der Waals surface area contributed by atoms with Gasteiger partial charge in [0.1, 0.15) is 0 Å². The monoisotopic (exact) mass is 383 g/mol.